The van der Waals surface area contributed by atoms with Crippen molar-refractivity contribution in [1.29, 1.82) is 0 Å². The second kappa shape index (κ2) is 11.2. The Balaban J connectivity index is 2.56. The fourth-order valence-corrected chi connectivity index (χ4v) is 2.48. The van der Waals surface area contributed by atoms with Gasteiger partial charge in [-0.05, 0) is 24.5 Å². The third-order valence-corrected chi connectivity index (χ3v) is 3.93. The molecule has 0 saturated heterocycles. The van der Waals surface area contributed by atoms with E-state index in [0.717, 1.165) is 12.8 Å². The number of ether oxygens (including phenoxy) is 4. The smallest absolute Gasteiger partial charge is 0.303 e. The predicted octanol–water partition coefficient (Wildman–Crippen LogP) is 3.00. The summed E-state index contributed by atoms with van der Waals surface area (Å²) in [6.45, 7) is 7.62. The van der Waals surface area contributed by atoms with E-state index in [1.807, 2.05) is 0 Å². The van der Waals surface area contributed by atoms with Gasteiger partial charge in [0.1, 0.15) is 18.8 Å². The first-order chi connectivity index (χ1) is 11.5. The molecule has 1 aliphatic rings. The third-order valence-electron chi connectivity index (χ3n) is 3.93. The Bertz CT molecular complexity index is 420. The SMILES string of the molecule is CCCCC(CC)COC1C=CC(OC(C)=O)C(COC(C)=O)O1. The quantitative estimate of drug-likeness (QED) is 0.449. The summed E-state index contributed by atoms with van der Waals surface area (Å²) in [7, 11) is 0. The predicted molar refractivity (Wildman–Crippen MR) is 89.2 cm³/mol. The number of carbonyl (C=O) groups excluding carboxylic acids is 2. The molecular weight excluding hydrogens is 312 g/mol. The zero-order valence-corrected chi connectivity index (χ0v) is 15.2. The molecular formula is C18H30O6. The van der Waals surface area contributed by atoms with Crippen LogP contribution < -0.4 is 0 Å². The van der Waals surface area contributed by atoms with Gasteiger partial charge in [-0.3, -0.25) is 9.59 Å². The topological polar surface area (TPSA) is 71.1 Å². The van der Waals surface area contributed by atoms with Crippen molar-refractivity contribution in [2.45, 2.75) is 71.9 Å². The molecule has 4 unspecified atom stereocenters. The van der Waals surface area contributed by atoms with E-state index in [-0.39, 0.29) is 6.61 Å². The summed E-state index contributed by atoms with van der Waals surface area (Å²) in [5.74, 6) is -0.316. The Labute approximate surface area is 144 Å². The van der Waals surface area contributed by atoms with Crippen molar-refractivity contribution in [2.75, 3.05) is 13.2 Å². The van der Waals surface area contributed by atoms with Crippen LogP contribution in [0.25, 0.3) is 0 Å². The van der Waals surface area contributed by atoms with Gasteiger partial charge in [0.2, 0.25) is 0 Å². The van der Waals surface area contributed by atoms with Gasteiger partial charge in [-0.25, -0.2) is 0 Å². The van der Waals surface area contributed by atoms with Gasteiger partial charge in [0.05, 0.1) is 6.61 Å². The maximum absolute atomic E-state index is 11.2. The van der Waals surface area contributed by atoms with Crippen molar-refractivity contribution in [1.82, 2.24) is 0 Å². The van der Waals surface area contributed by atoms with Gasteiger partial charge in [-0.1, -0.05) is 33.1 Å². The molecule has 0 saturated carbocycles. The molecule has 4 atom stereocenters. The van der Waals surface area contributed by atoms with Gasteiger partial charge < -0.3 is 18.9 Å². The summed E-state index contributed by atoms with van der Waals surface area (Å²) in [5.41, 5.74) is 0. The average molecular weight is 342 g/mol. The lowest BCUT2D eigenvalue weighted by atomic mass is 10.0. The van der Waals surface area contributed by atoms with Crippen LogP contribution in [0.4, 0.5) is 0 Å². The zero-order valence-electron chi connectivity index (χ0n) is 15.2. The van der Waals surface area contributed by atoms with E-state index >= 15 is 0 Å². The second-order valence-corrected chi connectivity index (χ2v) is 6.05. The highest BCUT2D eigenvalue weighted by molar-refractivity contribution is 5.66. The monoisotopic (exact) mass is 342 g/mol. The summed E-state index contributed by atoms with van der Waals surface area (Å²) < 4.78 is 21.8. The molecule has 0 amide bonds. The summed E-state index contributed by atoms with van der Waals surface area (Å²) in [6.07, 6.45) is 6.36. The second-order valence-electron chi connectivity index (χ2n) is 6.05. The van der Waals surface area contributed by atoms with Gasteiger partial charge in [-0.2, -0.15) is 0 Å². The molecule has 24 heavy (non-hydrogen) atoms. The van der Waals surface area contributed by atoms with E-state index in [4.69, 9.17) is 18.9 Å². The van der Waals surface area contributed by atoms with Crippen molar-refractivity contribution in [2.24, 2.45) is 5.92 Å². The Morgan fingerprint density at radius 1 is 1.17 bits per heavy atom. The van der Waals surface area contributed by atoms with Crippen LogP contribution >= 0.6 is 0 Å². The first kappa shape index (κ1) is 20.6. The van der Waals surface area contributed by atoms with Crippen molar-refractivity contribution in [3.05, 3.63) is 12.2 Å². The molecule has 0 spiro atoms. The highest BCUT2D eigenvalue weighted by atomic mass is 16.7. The molecule has 0 aromatic rings. The van der Waals surface area contributed by atoms with Gasteiger partial charge in [0, 0.05) is 13.8 Å². The number of hydrogen-bond donors (Lipinski definition) is 0. The zero-order chi connectivity index (χ0) is 17.9. The highest BCUT2D eigenvalue weighted by Crippen LogP contribution is 2.20. The first-order valence-electron chi connectivity index (χ1n) is 8.72. The van der Waals surface area contributed by atoms with E-state index in [1.165, 1.54) is 26.7 Å². The molecule has 138 valence electrons. The van der Waals surface area contributed by atoms with Crippen molar-refractivity contribution >= 4 is 11.9 Å². The van der Waals surface area contributed by atoms with Crippen LogP contribution in [0.2, 0.25) is 0 Å². The summed E-state index contributed by atoms with van der Waals surface area (Å²) in [6, 6.07) is 0. The number of carbonyl (C=O) groups is 2. The molecule has 1 aliphatic heterocycles. The number of unbranched alkanes of at least 4 members (excludes halogenated alkanes) is 1. The minimum absolute atomic E-state index is 0.0184. The van der Waals surface area contributed by atoms with Gasteiger partial charge in [0.25, 0.3) is 0 Å². The van der Waals surface area contributed by atoms with E-state index in [9.17, 15) is 9.59 Å². The minimum Gasteiger partial charge on any atom is -0.463 e. The fourth-order valence-electron chi connectivity index (χ4n) is 2.48. The van der Waals surface area contributed by atoms with Crippen LogP contribution in [0.3, 0.4) is 0 Å². The van der Waals surface area contributed by atoms with E-state index in [1.54, 1.807) is 12.2 Å². The van der Waals surface area contributed by atoms with E-state index < -0.39 is 30.4 Å². The van der Waals surface area contributed by atoms with Crippen LogP contribution in [-0.4, -0.2) is 43.7 Å². The Kier molecular flexibility index (Phi) is 9.64. The number of esters is 2. The average Bonchev–Trinajstić information content (AvgIpc) is 2.54. The van der Waals surface area contributed by atoms with Crippen LogP contribution in [0.1, 0.15) is 53.4 Å². The summed E-state index contributed by atoms with van der Waals surface area (Å²) in [5, 5.41) is 0. The molecule has 1 heterocycles. The minimum atomic E-state index is -0.580. The maximum atomic E-state index is 11.2. The molecule has 0 N–H and O–H groups in total. The third kappa shape index (κ3) is 7.93. The highest BCUT2D eigenvalue weighted by Gasteiger charge is 2.31. The normalized spacial score (nSPS) is 24.4. The lowest BCUT2D eigenvalue weighted by molar-refractivity contribution is -0.200. The molecule has 1 rings (SSSR count). The van der Waals surface area contributed by atoms with Crippen molar-refractivity contribution in [3.63, 3.8) is 0 Å². The molecule has 6 heteroatoms. The van der Waals surface area contributed by atoms with Gasteiger partial charge >= 0.3 is 11.9 Å². The van der Waals surface area contributed by atoms with Crippen LogP contribution in [0.5, 0.6) is 0 Å². The van der Waals surface area contributed by atoms with Crippen molar-refractivity contribution < 1.29 is 28.5 Å². The molecule has 0 radical (unpaired) electrons. The standard InChI is InChI=1S/C18H30O6/c1-5-7-8-15(6-2)11-22-18-10-9-16(23-14(4)20)17(24-18)12-21-13(3)19/h9-10,15-18H,5-8,11-12H2,1-4H3. The van der Waals surface area contributed by atoms with Crippen molar-refractivity contribution in [3.8, 4) is 0 Å². The Morgan fingerprint density at radius 2 is 1.92 bits per heavy atom. The van der Waals surface area contributed by atoms with Gasteiger partial charge in [-0.15, -0.1) is 0 Å². The summed E-state index contributed by atoms with van der Waals surface area (Å²) >= 11 is 0. The Hall–Kier alpha value is -1.40. The molecule has 6 nitrogen and oxygen atoms in total. The molecule has 0 aromatic carbocycles. The van der Waals surface area contributed by atoms with Gasteiger partial charge in [0.15, 0.2) is 6.29 Å². The number of hydrogen-bond acceptors (Lipinski definition) is 6. The molecule has 0 aliphatic carbocycles. The van der Waals surface area contributed by atoms with Crippen LogP contribution in [-0.2, 0) is 28.5 Å². The lowest BCUT2D eigenvalue weighted by Gasteiger charge is -2.31. The summed E-state index contributed by atoms with van der Waals surface area (Å²) in [4.78, 5) is 22.2. The fraction of sp³-hybridized carbons (Fsp3) is 0.778. The molecule has 0 bridgehead atoms. The largest absolute Gasteiger partial charge is 0.463 e. The lowest BCUT2D eigenvalue weighted by Crippen LogP contribution is -2.42. The van der Waals surface area contributed by atoms with E-state index in [2.05, 4.69) is 13.8 Å². The molecule has 0 fully saturated rings. The van der Waals surface area contributed by atoms with E-state index in [0.29, 0.717) is 12.5 Å². The maximum Gasteiger partial charge on any atom is 0.303 e. The first-order valence-corrected chi connectivity index (χ1v) is 8.72. The molecule has 0 aromatic heterocycles. The van der Waals surface area contributed by atoms with Crippen LogP contribution in [0, 0.1) is 5.92 Å². The van der Waals surface area contributed by atoms with Crippen LogP contribution in [0.15, 0.2) is 12.2 Å². The number of rotatable bonds is 10. The Morgan fingerprint density at radius 3 is 2.50 bits per heavy atom.